The van der Waals surface area contributed by atoms with E-state index in [1.165, 1.54) is 0 Å². The fraction of sp³-hybridized carbons (Fsp3) is 0.364. The normalized spacial score (nSPS) is 15.0. The van der Waals surface area contributed by atoms with Gasteiger partial charge in [0.1, 0.15) is 5.82 Å². The standard InChI is InChI=1S/C22H25N3O3/c1-2-28-22(26)18-9-10-20-19(15-18)23-21(17-7-4-3-5-8-17)25(20)13-12-24-11-6-14-27-16-24/h3-5,7-10,15H,2,6,11-14,16H2,1H3. The number of aromatic nitrogens is 2. The molecule has 0 N–H and O–H groups in total. The Bertz CT molecular complexity index is 946. The summed E-state index contributed by atoms with van der Waals surface area (Å²) in [5.74, 6) is 0.597. The number of hydrogen-bond donors (Lipinski definition) is 0. The highest BCUT2D eigenvalue weighted by molar-refractivity contribution is 5.94. The topological polar surface area (TPSA) is 56.6 Å². The summed E-state index contributed by atoms with van der Waals surface area (Å²) in [4.78, 5) is 19.3. The van der Waals surface area contributed by atoms with Gasteiger partial charge in [-0.3, -0.25) is 4.90 Å². The molecule has 1 fully saturated rings. The van der Waals surface area contributed by atoms with Crippen molar-refractivity contribution >= 4 is 17.0 Å². The summed E-state index contributed by atoms with van der Waals surface area (Å²) in [6.07, 6.45) is 1.07. The van der Waals surface area contributed by atoms with Crippen molar-refractivity contribution in [2.45, 2.75) is 19.9 Å². The zero-order chi connectivity index (χ0) is 19.3. The van der Waals surface area contributed by atoms with Gasteiger partial charge in [-0.15, -0.1) is 0 Å². The molecule has 4 rings (SSSR count). The van der Waals surface area contributed by atoms with Crippen LogP contribution in [0.1, 0.15) is 23.7 Å². The molecule has 0 aliphatic carbocycles. The molecule has 3 aromatic rings. The number of nitrogens with zero attached hydrogens (tertiary/aromatic N) is 3. The van der Waals surface area contributed by atoms with Crippen molar-refractivity contribution in [3.8, 4) is 11.4 Å². The third-order valence-corrected chi connectivity index (χ3v) is 4.97. The summed E-state index contributed by atoms with van der Waals surface area (Å²) in [6.45, 7) is 6.45. The van der Waals surface area contributed by atoms with E-state index in [9.17, 15) is 4.79 Å². The number of hydrogen-bond acceptors (Lipinski definition) is 5. The summed E-state index contributed by atoms with van der Waals surface area (Å²) in [6, 6.07) is 15.8. The van der Waals surface area contributed by atoms with Crippen molar-refractivity contribution < 1.29 is 14.3 Å². The Kier molecular flexibility index (Phi) is 5.69. The minimum absolute atomic E-state index is 0.314. The number of imidazole rings is 1. The van der Waals surface area contributed by atoms with Crippen molar-refractivity contribution in [1.82, 2.24) is 14.5 Å². The van der Waals surface area contributed by atoms with Gasteiger partial charge in [-0.05, 0) is 31.5 Å². The first-order valence-corrected chi connectivity index (χ1v) is 9.79. The quantitative estimate of drug-likeness (QED) is 0.613. The van der Waals surface area contributed by atoms with E-state index >= 15 is 0 Å². The highest BCUT2D eigenvalue weighted by Crippen LogP contribution is 2.26. The van der Waals surface area contributed by atoms with E-state index < -0.39 is 0 Å². The molecule has 0 spiro atoms. The van der Waals surface area contributed by atoms with Gasteiger partial charge in [0, 0.05) is 31.8 Å². The van der Waals surface area contributed by atoms with Crippen LogP contribution in [-0.4, -0.2) is 53.5 Å². The van der Waals surface area contributed by atoms with Crippen molar-refractivity contribution in [2.75, 3.05) is 33.0 Å². The average Bonchev–Trinajstić information content (AvgIpc) is 3.11. The molecule has 0 bridgehead atoms. The van der Waals surface area contributed by atoms with Gasteiger partial charge in [0.2, 0.25) is 0 Å². The average molecular weight is 379 g/mol. The minimum atomic E-state index is -0.314. The van der Waals surface area contributed by atoms with E-state index in [2.05, 4.69) is 21.6 Å². The maximum Gasteiger partial charge on any atom is 0.338 e. The van der Waals surface area contributed by atoms with Crippen LogP contribution in [-0.2, 0) is 16.0 Å². The second-order valence-corrected chi connectivity index (χ2v) is 6.89. The van der Waals surface area contributed by atoms with Crippen LogP contribution >= 0.6 is 0 Å². The van der Waals surface area contributed by atoms with Crippen LogP contribution in [0.25, 0.3) is 22.4 Å². The van der Waals surface area contributed by atoms with Gasteiger partial charge in [-0.2, -0.15) is 0 Å². The lowest BCUT2D eigenvalue weighted by atomic mass is 10.2. The zero-order valence-electron chi connectivity index (χ0n) is 16.1. The molecule has 0 unspecified atom stereocenters. The summed E-state index contributed by atoms with van der Waals surface area (Å²) in [5, 5.41) is 0. The fourth-order valence-electron chi connectivity index (χ4n) is 3.57. The lowest BCUT2D eigenvalue weighted by Crippen LogP contribution is -2.35. The van der Waals surface area contributed by atoms with Crippen molar-refractivity contribution in [3.63, 3.8) is 0 Å². The molecule has 0 saturated carbocycles. The number of fused-ring (bicyclic) bond motifs is 1. The first-order valence-electron chi connectivity index (χ1n) is 9.79. The Morgan fingerprint density at radius 3 is 2.79 bits per heavy atom. The molecular weight excluding hydrogens is 354 g/mol. The Hall–Kier alpha value is -2.70. The second-order valence-electron chi connectivity index (χ2n) is 6.89. The molecule has 1 aromatic heterocycles. The number of esters is 1. The van der Waals surface area contributed by atoms with E-state index in [-0.39, 0.29) is 5.97 Å². The lowest BCUT2D eigenvalue weighted by molar-refractivity contribution is -0.0144. The van der Waals surface area contributed by atoms with E-state index in [1.807, 2.05) is 43.3 Å². The molecule has 6 heteroatoms. The molecule has 2 heterocycles. The molecule has 0 radical (unpaired) electrons. The monoisotopic (exact) mass is 379 g/mol. The molecule has 1 aliphatic heterocycles. The summed E-state index contributed by atoms with van der Waals surface area (Å²) in [7, 11) is 0. The highest BCUT2D eigenvalue weighted by Gasteiger charge is 2.17. The van der Waals surface area contributed by atoms with Gasteiger partial charge in [-0.1, -0.05) is 30.3 Å². The van der Waals surface area contributed by atoms with Gasteiger partial charge < -0.3 is 14.0 Å². The lowest BCUT2D eigenvalue weighted by Gasteiger charge is -2.26. The van der Waals surface area contributed by atoms with Gasteiger partial charge >= 0.3 is 5.97 Å². The molecule has 1 aliphatic rings. The SMILES string of the molecule is CCOC(=O)c1ccc2c(c1)nc(-c1ccccc1)n2CCN1CCCOC1. The highest BCUT2D eigenvalue weighted by atomic mass is 16.5. The molecule has 1 saturated heterocycles. The summed E-state index contributed by atoms with van der Waals surface area (Å²) in [5.41, 5.74) is 3.42. The van der Waals surface area contributed by atoms with Crippen LogP contribution in [0, 0.1) is 0 Å². The zero-order valence-corrected chi connectivity index (χ0v) is 16.1. The molecule has 2 aromatic carbocycles. The number of ether oxygens (including phenoxy) is 2. The summed E-state index contributed by atoms with van der Waals surface area (Å²) < 4.78 is 12.9. The van der Waals surface area contributed by atoms with Crippen LogP contribution in [0.3, 0.4) is 0 Å². The molecule has 146 valence electrons. The van der Waals surface area contributed by atoms with Gasteiger partial charge in [0.05, 0.1) is 29.9 Å². The smallest absolute Gasteiger partial charge is 0.338 e. The van der Waals surface area contributed by atoms with Crippen LogP contribution in [0.15, 0.2) is 48.5 Å². The van der Waals surface area contributed by atoms with Crippen molar-refractivity contribution in [2.24, 2.45) is 0 Å². The van der Waals surface area contributed by atoms with E-state index in [1.54, 1.807) is 0 Å². The van der Waals surface area contributed by atoms with Crippen LogP contribution in [0.5, 0.6) is 0 Å². The largest absolute Gasteiger partial charge is 0.462 e. The number of carbonyl (C=O) groups excluding carboxylic acids is 1. The van der Waals surface area contributed by atoms with Gasteiger partial charge in [0.25, 0.3) is 0 Å². The molecule has 6 nitrogen and oxygen atoms in total. The minimum Gasteiger partial charge on any atom is -0.462 e. The van der Waals surface area contributed by atoms with Crippen LogP contribution in [0.2, 0.25) is 0 Å². The van der Waals surface area contributed by atoms with Crippen molar-refractivity contribution in [1.29, 1.82) is 0 Å². The van der Waals surface area contributed by atoms with E-state index in [0.29, 0.717) is 18.9 Å². The Labute approximate surface area is 164 Å². The molecular formula is C22H25N3O3. The predicted octanol–water partition coefficient (Wildman–Crippen LogP) is 3.56. The van der Waals surface area contributed by atoms with Gasteiger partial charge in [-0.25, -0.2) is 9.78 Å². The predicted molar refractivity (Wildman–Crippen MR) is 108 cm³/mol. The Morgan fingerprint density at radius 1 is 1.18 bits per heavy atom. The first-order chi connectivity index (χ1) is 13.8. The maximum absolute atomic E-state index is 12.1. The number of benzene rings is 2. The first kappa shape index (κ1) is 18.7. The Balaban J connectivity index is 1.70. The Morgan fingerprint density at radius 2 is 2.04 bits per heavy atom. The van der Waals surface area contributed by atoms with Crippen molar-refractivity contribution in [3.05, 3.63) is 54.1 Å². The van der Waals surface area contributed by atoms with E-state index in [4.69, 9.17) is 14.5 Å². The third kappa shape index (κ3) is 3.93. The number of carbonyl (C=O) groups is 1. The van der Waals surface area contributed by atoms with Crippen LogP contribution < -0.4 is 0 Å². The van der Waals surface area contributed by atoms with Crippen LogP contribution in [0.4, 0.5) is 0 Å². The number of rotatable bonds is 6. The molecule has 0 atom stereocenters. The van der Waals surface area contributed by atoms with Gasteiger partial charge in [0.15, 0.2) is 0 Å². The molecule has 0 amide bonds. The fourth-order valence-corrected chi connectivity index (χ4v) is 3.57. The molecule has 28 heavy (non-hydrogen) atoms. The van der Waals surface area contributed by atoms with E-state index in [0.717, 1.165) is 55.1 Å². The third-order valence-electron chi connectivity index (χ3n) is 4.97. The maximum atomic E-state index is 12.1. The summed E-state index contributed by atoms with van der Waals surface area (Å²) >= 11 is 0. The second kappa shape index (κ2) is 8.54.